The molecule has 0 saturated carbocycles. The summed E-state index contributed by atoms with van der Waals surface area (Å²) in [6.07, 6.45) is 1.12. The van der Waals surface area contributed by atoms with Crippen molar-refractivity contribution in [3.05, 3.63) is 82.2 Å². The first-order chi connectivity index (χ1) is 13.7. The molecule has 2 aliphatic heterocycles. The van der Waals surface area contributed by atoms with Gasteiger partial charge in [0.15, 0.2) is 0 Å². The van der Waals surface area contributed by atoms with Crippen molar-refractivity contribution in [1.29, 1.82) is 0 Å². The van der Waals surface area contributed by atoms with Gasteiger partial charge in [-0.3, -0.25) is 9.69 Å². The van der Waals surface area contributed by atoms with Crippen LogP contribution in [0.1, 0.15) is 29.6 Å². The summed E-state index contributed by atoms with van der Waals surface area (Å²) in [5.41, 5.74) is 3.62. The zero-order valence-corrected chi connectivity index (χ0v) is 15.8. The zero-order chi connectivity index (χ0) is 19.1. The highest BCUT2D eigenvalue weighted by Gasteiger charge is 2.36. The van der Waals surface area contributed by atoms with Gasteiger partial charge in [-0.1, -0.05) is 30.3 Å². The highest BCUT2D eigenvalue weighted by atomic mass is 16.4. The van der Waals surface area contributed by atoms with Gasteiger partial charge in [0.05, 0.1) is 6.54 Å². The molecule has 1 saturated heterocycles. The summed E-state index contributed by atoms with van der Waals surface area (Å²) < 4.78 is 7.70. The Morgan fingerprint density at radius 3 is 2.57 bits per heavy atom. The van der Waals surface area contributed by atoms with Crippen molar-refractivity contribution in [2.45, 2.75) is 32.0 Å². The molecule has 0 amide bonds. The van der Waals surface area contributed by atoms with Crippen LogP contribution in [0.15, 0.2) is 63.8 Å². The summed E-state index contributed by atoms with van der Waals surface area (Å²) in [4.78, 5) is 15.0. The van der Waals surface area contributed by atoms with Crippen LogP contribution in [0.2, 0.25) is 0 Å². The lowest BCUT2D eigenvalue weighted by Crippen LogP contribution is -2.46. The average Bonchev–Trinajstić information content (AvgIpc) is 3.17. The van der Waals surface area contributed by atoms with Gasteiger partial charge in [-0.25, -0.2) is 0 Å². The molecule has 5 rings (SSSR count). The molecule has 5 heteroatoms. The minimum atomic E-state index is -0.0675. The van der Waals surface area contributed by atoms with Gasteiger partial charge in [-0.15, -0.1) is 0 Å². The lowest BCUT2D eigenvalue weighted by atomic mass is 9.80. The normalized spacial score (nSPS) is 21.5. The first-order valence-corrected chi connectivity index (χ1v) is 9.91. The number of rotatable bonds is 4. The van der Waals surface area contributed by atoms with Crippen LogP contribution in [0.5, 0.6) is 0 Å². The standard InChI is InChI=1S/C23H24N2O3/c26-15-20-7-6-19(28-20)14-24-11-16-10-18(13-24)23-21(17-4-2-1-3-5-17)8-9-22(27)25(23)12-16/h1-9,16,18,26H,10-15H2/t16-,18+/m0/s1. The fourth-order valence-corrected chi connectivity index (χ4v) is 4.92. The molecule has 0 radical (unpaired) electrons. The molecule has 2 bridgehead atoms. The molecule has 3 aromatic rings. The number of hydrogen-bond acceptors (Lipinski definition) is 4. The first-order valence-electron chi connectivity index (χ1n) is 9.91. The lowest BCUT2D eigenvalue weighted by Gasteiger charge is -2.43. The molecule has 1 fully saturated rings. The molecular formula is C23H24N2O3. The van der Waals surface area contributed by atoms with Crippen molar-refractivity contribution in [3.8, 4) is 11.1 Å². The molecule has 28 heavy (non-hydrogen) atoms. The monoisotopic (exact) mass is 376 g/mol. The van der Waals surface area contributed by atoms with Crippen LogP contribution in [-0.2, 0) is 19.7 Å². The Labute approximate surface area is 163 Å². The topological polar surface area (TPSA) is 58.6 Å². The number of pyridine rings is 1. The van der Waals surface area contributed by atoms with E-state index in [0.29, 0.717) is 17.6 Å². The number of aliphatic hydroxyl groups is 1. The molecule has 2 aliphatic rings. The van der Waals surface area contributed by atoms with Crippen LogP contribution in [0.3, 0.4) is 0 Å². The first kappa shape index (κ1) is 17.5. The quantitative estimate of drug-likeness (QED) is 0.760. The van der Waals surface area contributed by atoms with E-state index in [1.54, 1.807) is 6.07 Å². The van der Waals surface area contributed by atoms with Crippen molar-refractivity contribution in [2.24, 2.45) is 5.92 Å². The Morgan fingerprint density at radius 2 is 1.79 bits per heavy atom. The van der Waals surface area contributed by atoms with Crippen molar-refractivity contribution in [2.75, 3.05) is 13.1 Å². The van der Waals surface area contributed by atoms with E-state index in [1.807, 2.05) is 41.0 Å². The number of nitrogens with zero attached hydrogens (tertiary/aromatic N) is 2. The molecular weight excluding hydrogens is 352 g/mol. The minimum Gasteiger partial charge on any atom is -0.462 e. The number of hydrogen-bond donors (Lipinski definition) is 1. The van der Waals surface area contributed by atoms with E-state index in [1.165, 1.54) is 16.8 Å². The maximum Gasteiger partial charge on any atom is 0.250 e. The molecule has 0 unspecified atom stereocenters. The van der Waals surface area contributed by atoms with Crippen LogP contribution in [0, 0.1) is 5.92 Å². The summed E-state index contributed by atoms with van der Waals surface area (Å²) in [5, 5.41) is 9.22. The second kappa shape index (κ2) is 7.08. The van der Waals surface area contributed by atoms with Crippen LogP contribution in [0.25, 0.3) is 11.1 Å². The second-order valence-electron chi connectivity index (χ2n) is 7.97. The Balaban J connectivity index is 1.48. The number of fused-ring (bicyclic) bond motifs is 4. The molecule has 5 nitrogen and oxygen atoms in total. The van der Waals surface area contributed by atoms with Crippen molar-refractivity contribution in [3.63, 3.8) is 0 Å². The number of aliphatic hydroxyl groups excluding tert-OH is 1. The maximum absolute atomic E-state index is 12.6. The third-order valence-electron chi connectivity index (χ3n) is 6.00. The summed E-state index contributed by atoms with van der Waals surface area (Å²) in [7, 11) is 0. The summed E-state index contributed by atoms with van der Waals surface area (Å²) >= 11 is 0. The molecule has 4 heterocycles. The average molecular weight is 376 g/mol. The minimum absolute atomic E-state index is 0.0675. The number of likely N-dealkylation sites (tertiary alicyclic amines) is 1. The Bertz CT molecular complexity index is 1040. The Hall–Kier alpha value is -2.63. The third-order valence-corrected chi connectivity index (χ3v) is 6.00. The van der Waals surface area contributed by atoms with E-state index in [4.69, 9.17) is 4.42 Å². The smallest absolute Gasteiger partial charge is 0.250 e. The summed E-state index contributed by atoms with van der Waals surface area (Å²) in [5.74, 6) is 2.30. The molecule has 2 aromatic heterocycles. The Morgan fingerprint density at radius 1 is 0.964 bits per heavy atom. The molecule has 0 aliphatic carbocycles. The predicted octanol–water partition coefficient (Wildman–Crippen LogP) is 3.22. The number of benzene rings is 1. The SMILES string of the molecule is O=c1ccc(-c2ccccc2)c2n1C[C@H]1C[C@@H]2CN(Cc2ccc(CO)o2)C1. The van der Waals surface area contributed by atoms with E-state index >= 15 is 0 Å². The van der Waals surface area contributed by atoms with Gasteiger partial charge in [0.25, 0.3) is 5.56 Å². The molecule has 1 aromatic carbocycles. The zero-order valence-electron chi connectivity index (χ0n) is 15.8. The number of piperidine rings is 1. The molecule has 2 atom stereocenters. The lowest BCUT2D eigenvalue weighted by molar-refractivity contribution is 0.107. The second-order valence-corrected chi connectivity index (χ2v) is 7.97. The van der Waals surface area contributed by atoms with Gasteiger partial charge in [0, 0.05) is 42.9 Å². The largest absolute Gasteiger partial charge is 0.462 e. The van der Waals surface area contributed by atoms with Crippen LogP contribution in [-0.4, -0.2) is 27.7 Å². The van der Waals surface area contributed by atoms with Gasteiger partial charge < -0.3 is 14.1 Å². The van der Waals surface area contributed by atoms with Gasteiger partial charge in [0.2, 0.25) is 0 Å². The van der Waals surface area contributed by atoms with E-state index in [9.17, 15) is 9.90 Å². The van der Waals surface area contributed by atoms with Gasteiger partial charge in [-0.2, -0.15) is 0 Å². The molecule has 0 spiro atoms. The summed E-state index contributed by atoms with van der Waals surface area (Å²) in [6, 6.07) is 17.8. The van der Waals surface area contributed by atoms with Crippen LogP contribution < -0.4 is 5.56 Å². The van der Waals surface area contributed by atoms with E-state index in [-0.39, 0.29) is 12.2 Å². The summed E-state index contributed by atoms with van der Waals surface area (Å²) in [6.45, 7) is 3.33. The van der Waals surface area contributed by atoms with E-state index in [0.717, 1.165) is 38.4 Å². The maximum atomic E-state index is 12.6. The van der Waals surface area contributed by atoms with Crippen LogP contribution in [0.4, 0.5) is 0 Å². The number of aromatic nitrogens is 1. The fourth-order valence-electron chi connectivity index (χ4n) is 4.92. The van der Waals surface area contributed by atoms with Crippen molar-refractivity contribution < 1.29 is 9.52 Å². The number of furan rings is 1. The van der Waals surface area contributed by atoms with E-state index < -0.39 is 0 Å². The van der Waals surface area contributed by atoms with Gasteiger partial charge >= 0.3 is 0 Å². The Kier molecular flexibility index (Phi) is 4.41. The predicted molar refractivity (Wildman–Crippen MR) is 107 cm³/mol. The van der Waals surface area contributed by atoms with Gasteiger partial charge in [0.1, 0.15) is 18.1 Å². The third kappa shape index (κ3) is 3.11. The highest BCUT2D eigenvalue weighted by Crippen LogP contribution is 2.40. The molecule has 144 valence electrons. The highest BCUT2D eigenvalue weighted by molar-refractivity contribution is 5.66. The van der Waals surface area contributed by atoms with Crippen molar-refractivity contribution >= 4 is 0 Å². The molecule has 1 N–H and O–H groups in total. The van der Waals surface area contributed by atoms with Crippen LogP contribution >= 0.6 is 0 Å². The fraction of sp³-hybridized carbons (Fsp3) is 0.348. The van der Waals surface area contributed by atoms with E-state index in [2.05, 4.69) is 17.0 Å². The van der Waals surface area contributed by atoms with Crippen molar-refractivity contribution in [1.82, 2.24) is 9.47 Å². The van der Waals surface area contributed by atoms with Gasteiger partial charge in [-0.05, 0) is 36.1 Å².